The number of hydrogen-bond donors (Lipinski definition) is 0. The van der Waals surface area contributed by atoms with Crippen LogP contribution in [0.25, 0.3) is 5.03 Å². The smallest absolute Gasteiger partial charge is 0.145 e. The van der Waals surface area contributed by atoms with E-state index in [1.807, 2.05) is 0 Å². The van der Waals surface area contributed by atoms with Crippen LogP contribution in [0.4, 0.5) is 0 Å². The zero-order valence-electron chi connectivity index (χ0n) is 5.04. The highest BCUT2D eigenvalue weighted by Gasteiger charge is 1.97. The van der Waals surface area contributed by atoms with E-state index in [0.29, 0.717) is 10.8 Å². The molecule has 0 radical (unpaired) electrons. The summed E-state index contributed by atoms with van der Waals surface area (Å²) in [6.07, 6.45) is 2.73. The van der Waals surface area contributed by atoms with Gasteiger partial charge in [0, 0.05) is 6.08 Å². The van der Waals surface area contributed by atoms with Gasteiger partial charge in [0.25, 0.3) is 0 Å². The lowest BCUT2D eigenvalue weighted by atomic mass is 10.4. The van der Waals surface area contributed by atoms with Gasteiger partial charge in [-0.3, -0.25) is 0 Å². The van der Waals surface area contributed by atoms with E-state index in [1.54, 1.807) is 18.2 Å². The van der Waals surface area contributed by atoms with E-state index in [9.17, 15) is 0 Å². The number of furan rings is 1. The van der Waals surface area contributed by atoms with Crippen LogP contribution in [0.3, 0.4) is 0 Å². The predicted molar refractivity (Wildman–Crippen MR) is 38.2 cm³/mol. The van der Waals surface area contributed by atoms with Crippen LogP contribution in [-0.4, -0.2) is 0 Å². The van der Waals surface area contributed by atoms with Gasteiger partial charge in [-0.15, -0.1) is 0 Å². The van der Waals surface area contributed by atoms with E-state index in [-0.39, 0.29) is 0 Å². The molecule has 1 rings (SSSR count). The molecule has 0 aliphatic rings. The van der Waals surface area contributed by atoms with Gasteiger partial charge in [-0.1, -0.05) is 11.6 Å². The molecule has 0 amide bonds. The van der Waals surface area contributed by atoms with Crippen molar-refractivity contribution < 1.29 is 4.42 Å². The molecule has 0 unspecified atom stereocenters. The van der Waals surface area contributed by atoms with Crippen molar-refractivity contribution in [1.82, 2.24) is 0 Å². The molecule has 0 saturated heterocycles. The molecule has 0 fully saturated rings. The van der Waals surface area contributed by atoms with E-state index >= 15 is 0 Å². The molecule has 0 aromatic carbocycles. The molecular weight excluding hydrogens is 150 g/mol. The highest BCUT2D eigenvalue weighted by Crippen LogP contribution is 2.17. The van der Waals surface area contributed by atoms with Crippen molar-refractivity contribution in [2.24, 2.45) is 0 Å². The van der Waals surface area contributed by atoms with Crippen LogP contribution in [0.5, 0.6) is 0 Å². The number of rotatable bonds is 1. The van der Waals surface area contributed by atoms with E-state index in [1.165, 1.54) is 12.3 Å². The monoisotopic (exact) mass is 153 g/mol. The third-order valence-corrected chi connectivity index (χ3v) is 1.24. The fraction of sp³-hybridized carbons (Fsp3) is 0. The zero-order valence-corrected chi connectivity index (χ0v) is 5.80. The topological polar surface area (TPSA) is 36.9 Å². The predicted octanol–water partition coefficient (Wildman–Crippen LogP) is 2.38. The molecule has 0 bridgehead atoms. The van der Waals surface area contributed by atoms with Crippen LogP contribution in [-0.2, 0) is 0 Å². The SMILES string of the molecule is N#C/C=C(\Cl)c1ccco1. The summed E-state index contributed by atoms with van der Waals surface area (Å²) in [5.74, 6) is 0.517. The van der Waals surface area contributed by atoms with Crippen molar-refractivity contribution in [3.05, 3.63) is 30.2 Å². The van der Waals surface area contributed by atoms with Crippen molar-refractivity contribution in [2.75, 3.05) is 0 Å². The van der Waals surface area contributed by atoms with Gasteiger partial charge in [-0.2, -0.15) is 5.26 Å². The van der Waals surface area contributed by atoms with Gasteiger partial charge in [0.1, 0.15) is 5.76 Å². The van der Waals surface area contributed by atoms with Crippen LogP contribution in [0.1, 0.15) is 5.76 Å². The third-order valence-electron chi connectivity index (χ3n) is 0.948. The summed E-state index contributed by atoms with van der Waals surface area (Å²) in [5.41, 5.74) is 0. The Bertz CT molecular complexity index is 268. The van der Waals surface area contributed by atoms with Crippen LogP contribution in [0.15, 0.2) is 28.9 Å². The Hall–Kier alpha value is -1.20. The second kappa shape index (κ2) is 3.09. The molecule has 0 N–H and O–H groups in total. The minimum absolute atomic E-state index is 0.326. The molecule has 0 aliphatic carbocycles. The Morgan fingerprint density at radius 1 is 1.80 bits per heavy atom. The fourth-order valence-corrected chi connectivity index (χ4v) is 0.699. The molecule has 1 heterocycles. The molecule has 0 atom stereocenters. The van der Waals surface area contributed by atoms with E-state index < -0.39 is 0 Å². The number of nitrogens with zero attached hydrogens (tertiary/aromatic N) is 1. The first-order chi connectivity index (χ1) is 4.84. The lowest BCUT2D eigenvalue weighted by Crippen LogP contribution is -1.66. The highest BCUT2D eigenvalue weighted by molar-refractivity contribution is 6.48. The first-order valence-electron chi connectivity index (χ1n) is 2.64. The summed E-state index contributed by atoms with van der Waals surface area (Å²) in [6, 6.07) is 5.20. The second-order valence-electron chi connectivity index (χ2n) is 1.60. The van der Waals surface area contributed by atoms with Crippen LogP contribution in [0.2, 0.25) is 0 Å². The van der Waals surface area contributed by atoms with Gasteiger partial charge in [-0.25, -0.2) is 0 Å². The lowest BCUT2D eigenvalue weighted by molar-refractivity contribution is 0.555. The molecule has 1 aromatic rings. The van der Waals surface area contributed by atoms with E-state index in [2.05, 4.69) is 0 Å². The summed E-state index contributed by atoms with van der Waals surface area (Å²) in [6.45, 7) is 0. The summed E-state index contributed by atoms with van der Waals surface area (Å²) < 4.78 is 4.90. The van der Waals surface area contributed by atoms with E-state index in [0.717, 1.165) is 0 Å². The molecule has 3 heteroatoms. The van der Waals surface area contributed by atoms with Gasteiger partial charge in [0.15, 0.2) is 0 Å². The summed E-state index contributed by atoms with van der Waals surface area (Å²) in [7, 11) is 0. The largest absolute Gasteiger partial charge is 0.463 e. The molecular formula is C7H4ClNO. The number of hydrogen-bond acceptors (Lipinski definition) is 2. The standard InChI is InChI=1S/C7H4ClNO/c8-6(3-4-9)7-2-1-5-10-7/h1-3,5H/b6-3-. The average molecular weight is 154 g/mol. The summed E-state index contributed by atoms with van der Waals surface area (Å²) >= 11 is 5.59. The highest BCUT2D eigenvalue weighted by atomic mass is 35.5. The maximum Gasteiger partial charge on any atom is 0.145 e. The normalized spacial score (nSPS) is 11.0. The molecule has 0 spiro atoms. The first kappa shape index (κ1) is 6.91. The Labute approximate surface area is 63.3 Å². The van der Waals surface area contributed by atoms with Gasteiger partial charge < -0.3 is 4.42 Å². The van der Waals surface area contributed by atoms with Gasteiger partial charge in [0.05, 0.1) is 17.4 Å². The molecule has 0 aliphatic heterocycles. The summed E-state index contributed by atoms with van der Waals surface area (Å²) in [4.78, 5) is 0. The molecule has 1 aromatic heterocycles. The number of halogens is 1. The zero-order chi connectivity index (χ0) is 7.40. The van der Waals surface area contributed by atoms with Gasteiger partial charge in [-0.05, 0) is 12.1 Å². The Morgan fingerprint density at radius 3 is 3.10 bits per heavy atom. The maximum atomic E-state index is 8.18. The van der Waals surface area contributed by atoms with Crippen molar-refractivity contribution >= 4 is 16.6 Å². The fourth-order valence-electron chi connectivity index (χ4n) is 0.542. The Morgan fingerprint density at radius 2 is 2.60 bits per heavy atom. The minimum Gasteiger partial charge on any atom is -0.463 e. The van der Waals surface area contributed by atoms with Crippen molar-refractivity contribution in [1.29, 1.82) is 5.26 Å². The molecule has 2 nitrogen and oxygen atoms in total. The number of nitriles is 1. The van der Waals surface area contributed by atoms with Gasteiger partial charge in [0.2, 0.25) is 0 Å². The third kappa shape index (κ3) is 1.40. The second-order valence-corrected chi connectivity index (χ2v) is 2.01. The summed E-state index contributed by atoms with van der Waals surface area (Å²) in [5, 5.41) is 8.51. The maximum absolute atomic E-state index is 8.18. The quantitative estimate of drug-likeness (QED) is 0.581. The molecule has 0 saturated carbocycles. The van der Waals surface area contributed by atoms with Crippen LogP contribution >= 0.6 is 11.6 Å². The Kier molecular flexibility index (Phi) is 2.14. The van der Waals surface area contributed by atoms with Gasteiger partial charge >= 0.3 is 0 Å². The van der Waals surface area contributed by atoms with Crippen molar-refractivity contribution in [3.8, 4) is 6.07 Å². The Balaban J connectivity index is 2.90. The van der Waals surface area contributed by atoms with Crippen LogP contribution < -0.4 is 0 Å². The van der Waals surface area contributed by atoms with Crippen molar-refractivity contribution in [3.63, 3.8) is 0 Å². The molecule has 50 valence electrons. The van der Waals surface area contributed by atoms with E-state index in [4.69, 9.17) is 21.3 Å². The van der Waals surface area contributed by atoms with Crippen molar-refractivity contribution in [2.45, 2.75) is 0 Å². The lowest BCUT2D eigenvalue weighted by Gasteiger charge is -1.85. The minimum atomic E-state index is 0.326. The average Bonchev–Trinajstić information content (AvgIpc) is 2.38. The first-order valence-corrected chi connectivity index (χ1v) is 3.01. The van der Waals surface area contributed by atoms with Crippen LogP contribution in [0, 0.1) is 11.3 Å². The molecule has 10 heavy (non-hydrogen) atoms. The number of allylic oxidation sites excluding steroid dienone is 1.